The first-order chi connectivity index (χ1) is 7.11. The van der Waals surface area contributed by atoms with Gasteiger partial charge in [0.15, 0.2) is 0 Å². The number of hydrogen-bond donors (Lipinski definition) is 2. The quantitative estimate of drug-likeness (QED) is 0.621. The maximum absolute atomic E-state index is 11.8. The van der Waals surface area contributed by atoms with E-state index in [4.69, 9.17) is 10.8 Å². The highest BCUT2D eigenvalue weighted by Crippen LogP contribution is 2.32. The first-order valence-electron chi connectivity index (χ1n) is 5.40. The molecule has 0 radical (unpaired) electrons. The van der Waals surface area contributed by atoms with Crippen LogP contribution in [0.15, 0.2) is 12.7 Å². The van der Waals surface area contributed by atoms with Crippen molar-refractivity contribution < 1.29 is 9.90 Å². The highest BCUT2D eigenvalue weighted by atomic mass is 16.3. The Balaban J connectivity index is 2.44. The lowest BCUT2D eigenvalue weighted by Crippen LogP contribution is -2.50. The van der Waals surface area contributed by atoms with Crippen LogP contribution < -0.4 is 5.73 Å². The van der Waals surface area contributed by atoms with Gasteiger partial charge in [-0.05, 0) is 19.3 Å². The van der Waals surface area contributed by atoms with Gasteiger partial charge in [-0.1, -0.05) is 6.08 Å². The molecule has 1 aliphatic carbocycles. The van der Waals surface area contributed by atoms with Gasteiger partial charge in [-0.2, -0.15) is 0 Å². The minimum absolute atomic E-state index is 0.0167. The van der Waals surface area contributed by atoms with Crippen molar-refractivity contribution in [2.75, 3.05) is 19.7 Å². The van der Waals surface area contributed by atoms with E-state index in [1.807, 2.05) is 0 Å². The normalized spacial score (nSPS) is 18.0. The maximum atomic E-state index is 11.8. The van der Waals surface area contributed by atoms with Crippen molar-refractivity contribution in [3.05, 3.63) is 12.7 Å². The van der Waals surface area contributed by atoms with Crippen LogP contribution in [0.5, 0.6) is 0 Å². The fraction of sp³-hybridized carbons (Fsp3) is 0.727. The summed E-state index contributed by atoms with van der Waals surface area (Å²) in [5, 5.41) is 8.82. The Kier molecular flexibility index (Phi) is 4.29. The van der Waals surface area contributed by atoms with Crippen molar-refractivity contribution in [1.29, 1.82) is 0 Å². The topological polar surface area (TPSA) is 66.6 Å². The lowest BCUT2D eigenvalue weighted by Gasteiger charge is -2.38. The molecule has 4 nitrogen and oxygen atoms in total. The number of carbonyl (C=O) groups excluding carboxylic acids is 1. The fourth-order valence-electron chi connectivity index (χ4n) is 1.82. The Bertz CT molecular complexity index is 237. The summed E-state index contributed by atoms with van der Waals surface area (Å²) in [4.78, 5) is 13.4. The number of aliphatic hydroxyl groups is 1. The van der Waals surface area contributed by atoms with Crippen molar-refractivity contribution in [1.82, 2.24) is 4.90 Å². The van der Waals surface area contributed by atoms with Crippen molar-refractivity contribution in [2.24, 2.45) is 5.73 Å². The van der Waals surface area contributed by atoms with E-state index in [-0.39, 0.29) is 18.1 Å². The van der Waals surface area contributed by atoms with Crippen LogP contribution in [-0.4, -0.2) is 41.1 Å². The number of aliphatic hydroxyl groups excluding tert-OH is 1. The van der Waals surface area contributed by atoms with Crippen molar-refractivity contribution in [3.63, 3.8) is 0 Å². The molecular weight excluding hydrogens is 192 g/mol. The molecule has 86 valence electrons. The van der Waals surface area contributed by atoms with Gasteiger partial charge in [-0.25, -0.2) is 0 Å². The van der Waals surface area contributed by atoms with E-state index in [0.717, 1.165) is 19.3 Å². The Labute approximate surface area is 90.7 Å². The molecule has 1 rings (SSSR count). The molecule has 0 aromatic heterocycles. The summed E-state index contributed by atoms with van der Waals surface area (Å²) in [6, 6.07) is 0. The van der Waals surface area contributed by atoms with Crippen LogP contribution in [0.1, 0.15) is 25.7 Å². The molecule has 1 fully saturated rings. The summed E-state index contributed by atoms with van der Waals surface area (Å²) < 4.78 is 0. The molecule has 0 atom stereocenters. The van der Waals surface area contributed by atoms with E-state index in [1.165, 1.54) is 0 Å². The van der Waals surface area contributed by atoms with Gasteiger partial charge in [0.05, 0.1) is 6.61 Å². The van der Waals surface area contributed by atoms with Gasteiger partial charge in [-0.15, -0.1) is 6.58 Å². The van der Waals surface area contributed by atoms with Crippen LogP contribution in [-0.2, 0) is 4.79 Å². The molecular formula is C11H20N2O2. The van der Waals surface area contributed by atoms with Gasteiger partial charge >= 0.3 is 0 Å². The Morgan fingerprint density at radius 3 is 2.67 bits per heavy atom. The zero-order chi connectivity index (χ0) is 11.3. The smallest absolute Gasteiger partial charge is 0.224 e. The monoisotopic (exact) mass is 212 g/mol. The summed E-state index contributed by atoms with van der Waals surface area (Å²) in [5.74, 6) is 0.0196. The summed E-state index contributed by atoms with van der Waals surface area (Å²) in [6.45, 7) is 4.42. The minimum atomic E-state index is -0.286. The van der Waals surface area contributed by atoms with Gasteiger partial charge in [0.2, 0.25) is 5.91 Å². The van der Waals surface area contributed by atoms with E-state index in [2.05, 4.69) is 6.58 Å². The summed E-state index contributed by atoms with van der Waals surface area (Å²) >= 11 is 0. The van der Waals surface area contributed by atoms with Gasteiger partial charge in [-0.3, -0.25) is 4.79 Å². The molecule has 0 unspecified atom stereocenters. The van der Waals surface area contributed by atoms with E-state index in [9.17, 15) is 4.79 Å². The maximum Gasteiger partial charge on any atom is 0.224 e. The average molecular weight is 212 g/mol. The van der Waals surface area contributed by atoms with Crippen LogP contribution in [0, 0.1) is 0 Å². The van der Waals surface area contributed by atoms with Gasteiger partial charge in [0.25, 0.3) is 0 Å². The number of carbonyl (C=O) groups is 1. The Morgan fingerprint density at radius 2 is 2.27 bits per heavy atom. The van der Waals surface area contributed by atoms with Crippen LogP contribution in [0.3, 0.4) is 0 Å². The highest BCUT2D eigenvalue weighted by Gasteiger charge is 2.35. The molecule has 0 heterocycles. The predicted octanol–water partition coefficient (Wildman–Crippen LogP) is 0.265. The summed E-state index contributed by atoms with van der Waals surface area (Å²) in [5.41, 5.74) is 5.71. The van der Waals surface area contributed by atoms with Crippen LogP contribution in [0.4, 0.5) is 0 Å². The number of hydrogen-bond acceptors (Lipinski definition) is 3. The Morgan fingerprint density at radius 1 is 1.60 bits per heavy atom. The third-order valence-electron chi connectivity index (χ3n) is 2.92. The van der Waals surface area contributed by atoms with Crippen molar-refractivity contribution in [3.8, 4) is 0 Å². The van der Waals surface area contributed by atoms with Crippen LogP contribution in [0.25, 0.3) is 0 Å². The van der Waals surface area contributed by atoms with Crippen molar-refractivity contribution >= 4 is 5.91 Å². The molecule has 0 bridgehead atoms. The number of nitrogens with two attached hydrogens (primary N) is 1. The second kappa shape index (κ2) is 5.28. The summed E-state index contributed by atoms with van der Waals surface area (Å²) in [7, 11) is 0. The van der Waals surface area contributed by atoms with Crippen LogP contribution in [0.2, 0.25) is 0 Å². The molecule has 1 aliphatic rings. The molecule has 4 heteroatoms. The molecule has 0 saturated heterocycles. The predicted molar refractivity (Wildman–Crippen MR) is 59.2 cm³/mol. The molecule has 0 aliphatic heterocycles. The molecule has 0 aromatic carbocycles. The highest BCUT2D eigenvalue weighted by molar-refractivity contribution is 5.77. The molecule has 1 amide bonds. The first kappa shape index (κ1) is 12.2. The van der Waals surface area contributed by atoms with Crippen LogP contribution >= 0.6 is 0 Å². The van der Waals surface area contributed by atoms with E-state index in [0.29, 0.717) is 19.5 Å². The summed E-state index contributed by atoms with van der Waals surface area (Å²) in [6.07, 6.45) is 5.03. The van der Waals surface area contributed by atoms with Gasteiger partial charge < -0.3 is 15.7 Å². The van der Waals surface area contributed by atoms with E-state index in [1.54, 1.807) is 11.0 Å². The Hall–Kier alpha value is -0.870. The van der Waals surface area contributed by atoms with Gasteiger partial charge in [0.1, 0.15) is 0 Å². The molecule has 0 spiro atoms. The lowest BCUT2D eigenvalue weighted by molar-refractivity contribution is -0.133. The van der Waals surface area contributed by atoms with E-state index < -0.39 is 0 Å². The number of amides is 1. The lowest BCUT2D eigenvalue weighted by atomic mass is 9.75. The van der Waals surface area contributed by atoms with Gasteiger partial charge in [0, 0.05) is 25.0 Å². The number of nitrogens with zero attached hydrogens (tertiary/aromatic N) is 1. The zero-order valence-corrected chi connectivity index (χ0v) is 9.11. The molecule has 15 heavy (non-hydrogen) atoms. The fourth-order valence-corrected chi connectivity index (χ4v) is 1.82. The minimum Gasteiger partial charge on any atom is -0.395 e. The SMILES string of the molecule is C=CCN(CCO)C(=O)CC1(N)CCC1. The molecule has 3 N–H and O–H groups in total. The standard InChI is InChI=1S/C11H20N2O2/c1-2-6-13(7-8-14)10(15)9-11(12)4-3-5-11/h2,14H,1,3-9,12H2. The largest absolute Gasteiger partial charge is 0.395 e. The van der Waals surface area contributed by atoms with E-state index >= 15 is 0 Å². The molecule has 1 saturated carbocycles. The number of rotatable bonds is 6. The third kappa shape index (κ3) is 3.32. The average Bonchev–Trinajstić information content (AvgIpc) is 2.15. The zero-order valence-electron chi connectivity index (χ0n) is 9.11. The first-order valence-corrected chi connectivity index (χ1v) is 5.40. The third-order valence-corrected chi connectivity index (χ3v) is 2.92. The van der Waals surface area contributed by atoms with Crippen molar-refractivity contribution in [2.45, 2.75) is 31.2 Å². The second-order valence-corrected chi connectivity index (χ2v) is 4.24. The second-order valence-electron chi connectivity index (χ2n) is 4.24. The molecule has 0 aromatic rings.